The molecule has 1 amide bonds. The van der Waals surface area contributed by atoms with E-state index in [0.29, 0.717) is 33.3 Å². The minimum Gasteiger partial charge on any atom is -0.484 e. The number of carbonyl (C=O) groups is 1. The molecule has 1 aromatic carbocycles. The van der Waals surface area contributed by atoms with Gasteiger partial charge in [-0.05, 0) is 31.0 Å². The molecule has 0 spiro atoms. The monoisotopic (exact) mass is 381 g/mol. The quantitative estimate of drug-likeness (QED) is 0.880. The zero-order chi connectivity index (χ0) is 17.4. The van der Waals surface area contributed by atoms with Crippen molar-refractivity contribution in [1.82, 2.24) is 15.4 Å². The second kappa shape index (κ2) is 6.86. The summed E-state index contributed by atoms with van der Waals surface area (Å²) in [5, 5.41) is 8.28. The number of halogens is 2. The van der Waals surface area contributed by atoms with Gasteiger partial charge in [0.05, 0.1) is 5.02 Å². The molecule has 2 aliphatic rings. The average molecular weight is 382 g/mol. The van der Waals surface area contributed by atoms with E-state index in [0.717, 1.165) is 25.9 Å². The molecule has 2 aliphatic heterocycles. The lowest BCUT2D eigenvalue weighted by molar-refractivity contribution is 0.0647. The van der Waals surface area contributed by atoms with Gasteiger partial charge in [0, 0.05) is 36.3 Å². The molecule has 0 radical (unpaired) electrons. The first-order valence-electron chi connectivity index (χ1n) is 8.18. The molecule has 2 unspecified atom stereocenters. The predicted molar refractivity (Wildman–Crippen MR) is 93.1 cm³/mol. The van der Waals surface area contributed by atoms with Crippen LogP contribution >= 0.6 is 23.2 Å². The third-order valence-corrected chi connectivity index (χ3v) is 5.19. The molecule has 0 aliphatic carbocycles. The molecule has 2 saturated heterocycles. The normalized spacial score (nSPS) is 22.2. The van der Waals surface area contributed by atoms with Crippen molar-refractivity contribution >= 4 is 29.1 Å². The molecule has 1 aromatic heterocycles. The second-order valence-electron chi connectivity index (χ2n) is 6.32. The molecule has 3 heterocycles. The smallest absolute Gasteiger partial charge is 0.276 e. The first-order valence-corrected chi connectivity index (χ1v) is 8.93. The van der Waals surface area contributed by atoms with Gasteiger partial charge in [-0.25, -0.2) is 0 Å². The third-order valence-electron chi connectivity index (χ3n) is 4.66. The Morgan fingerprint density at radius 3 is 3.12 bits per heavy atom. The highest BCUT2D eigenvalue weighted by atomic mass is 35.5. The molecule has 6 nitrogen and oxygen atoms in total. The summed E-state index contributed by atoms with van der Waals surface area (Å²) in [4.78, 5) is 14.5. The number of amides is 1. The number of carbonyl (C=O) groups excluding carboxylic acids is 1. The Hall–Kier alpha value is -1.76. The van der Waals surface area contributed by atoms with Crippen LogP contribution in [0.4, 0.5) is 0 Å². The van der Waals surface area contributed by atoms with Gasteiger partial charge in [0.15, 0.2) is 11.5 Å². The van der Waals surface area contributed by atoms with E-state index in [1.807, 2.05) is 4.90 Å². The van der Waals surface area contributed by atoms with Crippen LogP contribution in [0.25, 0.3) is 0 Å². The van der Waals surface area contributed by atoms with Crippen LogP contribution in [0.5, 0.6) is 5.75 Å². The minimum atomic E-state index is -0.0910. The van der Waals surface area contributed by atoms with Gasteiger partial charge in [-0.15, -0.1) is 0 Å². The number of hydrogen-bond acceptors (Lipinski definition) is 5. The van der Waals surface area contributed by atoms with Crippen molar-refractivity contribution in [3.8, 4) is 5.75 Å². The molecule has 8 heteroatoms. The number of benzene rings is 1. The summed E-state index contributed by atoms with van der Waals surface area (Å²) in [6.45, 7) is 1.73. The number of ether oxygens (including phenoxy) is 1. The van der Waals surface area contributed by atoms with E-state index in [-0.39, 0.29) is 18.6 Å². The number of nitrogens with one attached hydrogen (secondary N) is 1. The molecule has 2 fully saturated rings. The lowest BCUT2D eigenvalue weighted by Gasteiger charge is -2.31. The molecule has 1 N–H and O–H groups in total. The lowest BCUT2D eigenvalue weighted by Crippen LogP contribution is -2.44. The Labute approximate surface area is 155 Å². The van der Waals surface area contributed by atoms with Crippen molar-refractivity contribution in [2.45, 2.75) is 31.5 Å². The number of likely N-dealkylation sites (tertiary alicyclic amines) is 1. The van der Waals surface area contributed by atoms with Gasteiger partial charge in [-0.1, -0.05) is 28.4 Å². The number of rotatable bonds is 4. The molecule has 25 heavy (non-hydrogen) atoms. The molecule has 2 aromatic rings. The first kappa shape index (κ1) is 16.7. The Balaban J connectivity index is 1.40. The SMILES string of the molecule is O=C(c1cc(COc2ccc(Cl)cc2Cl)on1)N1CCC2CC1CN2. The summed E-state index contributed by atoms with van der Waals surface area (Å²) in [5.74, 6) is 0.870. The van der Waals surface area contributed by atoms with Crippen LogP contribution in [-0.4, -0.2) is 41.1 Å². The van der Waals surface area contributed by atoms with Crippen molar-refractivity contribution in [2.24, 2.45) is 0 Å². The zero-order valence-electron chi connectivity index (χ0n) is 13.4. The maximum absolute atomic E-state index is 12.7. The van der Waals surface area contributed by atoms with E-state index in [2.05, 4.69) is 10.5 Å². The van der Waals surface area contributed by atoms with Crippen molar-refractivity contribution in [3.05, 3.63) is 45.8 Å². The fraction of sp³-hybridized carbons (Fsp3) is 0.412. The number of hydrogen-bond donors (Lipinski definition) is 1. The molecule has 2 atom stereocenters. The second-order valence-corrected chi connectivity index (χ2v) is 7.17. The topological polar surface area (TPSA) is 67.6 Å². The summed E-state index contributed by atoms with van der Waals surface area (Å²) in [6, 6.07) is 7.39. The minimum absolute atomic E-state index is 0.0910. The lowest BCUT2D eigenvalue weighted by atomic mass is 10.0. The van der Waals surface area contributed by atoms with Gasteiger partial charge >= 0.3 is 0 Å². The fourth-order valence-electron chi connectivity index (χ4n) is 3.37. The van der Waals surface area contributed by atoms with E-state index in [9.17, 15) is 4.79 Å². The van der Waals surface area contributed by atoms with Crippen molar-refractivity contribution in [2.75, 3.05) is 13.1 Å². The number of nitrogens with zero attached hydrogens (tertiary/aromatic N) is 2. The van der Waals surface area contributed by atoms with Gasteiger partial charge in [-0.2, -0.15) is 0 Å². The van der Waals surface area contributed by atoms with Crippen LogP contribution in [0, 0.1) is 0 Å². The highest BCUT2D eigenvalue weighted by Crippen LogP contribution is 2.28. The highest BCUT2D eigenvalue weighted by Gasteiger charge is 2.37. The first-order chi connectivity index (χ1) is 12.1. The van der Waals surface area contributed by atoms with Gasteiger partial charge in [-0.3, -0.25) is 4.79 Å². The fourth-order valence-corrected chi connectivity index (χ4v) is 3.83. The van der Waals surface area contributed by atoms with Gasteiger partial charge in [0.2, 0.25) is 0 Å². The summed E-state index contributed by atoms with van der Waals surface area (Å²) >= 11 is 11.9. The maximum atomic E-state index is 12.7. The highest BCUT2D eigenvalue weighted by molar-refractivity contribution is 6.35. The van der Waals surface area contributed by atoms with Crippen LogP contribution in [0.3, 0.4) is 0 Å². The van der Waals surface area contributed by atoms with Crippen molar-refractivity contribution < 1.29 is 14.1 Å². The molecular weight excluding hydrogens is 365 g/mol. The summed E-state index contributed by atoms with van der Waals surface area (Å²) in [5.41, 5.74) is 0.311. The van der Waals surface area contributed by atoms with Gasteiger partial charge in [0.1, 0.15) is 12.4 Å². The third kappa shape index (κ3) is 3.47. The molecule has 0 saturated carbocycles. The van der Waals surface area contributed by atoms with E-state index < -0.39 is 0 Å². The summed E-state index contributed by atoms with van der Waals surface area (Å²) in [7, 11) is 0. The average Bonchev–Trinajstić information content (AvgIpc) is 3.21. The summed E-state index contributed by atoms with van der Waals surface area (Å²) < 4.78 is 10.8. The van der Waals surface area contributed by atoms with Crippen molar-refractivity contribution in [1.29, 1.82) is 0 Å². The molecular formula is C17H17Cl2N3O3. The Bertz CT molecular complexity index is 795. The van der Waals surface area contributed by atoms with E-state index in [1.54, 1.807) is 24.3 Å². The predicted octanol–water partition coefficient (Wildman–Crippen LogP) is 3.14. The van der Waals surface area contributed by atoms with Gasteiger partial charge < -0.3 is 19.5 Å². The Kier molecular flexibility index (Phi) is 4.58. The number of piperidine rings is 1. The van der Waals surface area contributed by atoms with Crippen LogP contribution in [0.15, 0.2) is 28.8 Å². The van der Waals surface area contributed by atoms with Crippen LogP contribution < -0.4 is 10.1 Å². The Morgan fingerprint density at radius 1 is 1.40 bits per heavy atom. The van der Waals surface area contributed by atoms with E-state index in [1.165, 1.54) is 0 Å². The van der Waals surface area contributed by atoms with E-state index >= 15 is 0 Å². The van der Waals surface area contributed by atoms with Crippen LogP contribution in [0.1, 0.15) is 29.1 Å². The zero-order valence-corrected chi connectivity index (χ0v) is 14.9. The molecule has 2 bridgehead atoms. The molecule has 132 valence electrons. The molecule has 4 rings (SSSR count). The standard InChI is InChI=1S/C17H17Cl2N3O3/c18-10-1-2-16(14(19)5-10)24-9-13-7-15(21-25-13)17(23)22-4-3-11-6-12(22)8-20-11/h1-2,5,7,11-12,20H,3-4,6,8-9H2. The number of aromatic nitrogens is 1. The van der Waals surface area contributed by atoms with Crippen LogP contribution in [-0.2, 0) is 6.61 Å². The Morgan fingerprint density at radius 2 is 2.28 bits per heavy atom. The van der Waals surface area contributed by atoms with E-state index in [4.69, 9.17) is 32.5 Å². The van der Waals surface area contributed by atoms with Gasteiger partial charge in [0.25, 0.3) is 5.91 Å². The maximum Gasteiger partial charge on any atom is 0.276 e. The van der Waals surface area contributed by atoms with Crippen LogP contribution in [0.2, 0.25) is 10.0 Å². The largest absolute Gasteiger partial charge is 0.484 e. The van der Waals surface area contributed by atoms with Crippen molar-refractivity contribution in [3.63, 3.8) is 0 Å². The number of fused-ring (bicyclic) bond motifs is 2. The summed E-state index contributed by atoms with van der Waals surface area (Å²) in [6.07, 6.45) is 1.99.